The Morgan fingerprint density at radius 3 is 2.50 bits per heavy atom. The minimum Gasteiger partial charge on any atom is -0.464 e. The maximum Gasteiger partial charge on any atom is 0.358 e. The molecule has 0 saturated heterocycles. The molecular weight excluding hydrogens is 278 g/mol. The van der Waals surface area contributed by atoms with Crippen LogP contribution in [0.1, 0.15) is 40.9 Å². The van der Waals surface area contributed by atoms with Crippen molar-refractivity contribution in [2.45, 2.75) is 20.8 Å². The van der Waals surface area contributed by atoms with Crippen molar-refractivity contribution >= 4 is 28.2 Å². The minimum atomic E-state index is -0.580. The van der Waals surface area contributed by atoms with Gasteiger partial charge in [0.1, 0.15) is 4.88 Å². The second kappa shape index (κ2) is 7.96. The number of ketones is 1. The summed E-state index contributed by atoms with van der Waals surface area (Å²) >= 11 is 1.19. The van der Waals surface area contributed by atoms with E-state index in [-0.39, 0.29) is 11.5 Å². The Kier molecular flexibility index (Phi) is 6.60. The Balaban J connectivity index is 2.72. The van der Waals surface area contributed by atoms with Gasteiger partial charge in [-0.3, -0.25) is 4.79 Å². The van der Waals surface area contributed by atoms with Crippen molar-refractivity contribution < 1.29 is 14.3 Å². The molecule has 0 aliphatic carbocycles. The molecule has 6 nitrogen and oxygen atoms in total. The van der Waals surface area contributed by atoms with Crippen LogP contribution in [0.5, 0.6) is 0 Å². The highest BCUT2D eigenvalue weighted by Crippen LogP contribution is 2.24. The van der Waals surface area contributed by atoms with Crippen LogP contribution in [-0.2, 0) is 4.74 Å². The first-order chi connectivity index (χ1) is 9.53. The van der Waals surface area contributed by atoms with Crippen molar-refractivity contribution in [3.8, 4) is 0 Å². The molecule has 7 heteroatoms. The predicted octanol–water partition coefficient (Wildman–Crippen LogP) is 1.89. The molecule has 20 heavy (non-hydrogen) atoms. The lowest BCUT2D eigenvalue weighted by atomic mass is 10.3. The van der Waals surface area contributed by atoms with Crippen LogP contribution in [-0.4, -0.2) is 54.9 Å². The number of Topliss-reactive ketones (excluding diaryl/α,β-unsaturated/α-hetero) is 1. The molecule has 0 amide bonds. The van der Waals surface area contributed by atoms with Gasteiger partial charge in [0.15, 0.2) is 16.6 Å². The second-order valence-electron chi connectivity index (χ2n) is 4.20. The SMILES string of the molecule is CCN(CC)CCNc1nc(C(=O)OC)c(C(C)=O)s1. The van der Waals surface area contributed by atoms with Crippen LogP contribution in [0.4, 0.5) is 5.13 Å². The predicted molar refractivity (Wildman–Crippen MR) is 79.7 cm³/mol. The fraction of sp³-hybridized carbons (Fsp3) is 0.615. The Labute approximate surface area is 123 Å². The number of thiazole rings is 1. The summed E-state index contributed by atoms with van der Waals surface area (Å²) in [6, 6.07) is 0. The van der Waals surface area contributed by atoms with E-state index >= 15 is 0 Å². The molecule has 0 aromatic carbocycles. The normalized spacial score (nSPS) is 10.7. The van der Waals surface area contributed by atoms with E-state index in [0.717, 1.165) is 19.6 Å². The minimum absolute atomic E-state index is 0.0929. The summed E-state index contributed by atoms with van der Waals surface area (Å²) in [5.41, 5.74) is 0.0929. The number of nitrogens with one attached hydrogen (secondary N) is 1. The van der Waals surface area contributed by atoms with Crippen molar-refractivity contribution in [3.05, 3.63) is 10.6 Å². The van der Waals surface area contributed by atoms with Crippen molar-refractivity contribution in [1.82, 2.24) is 9.88 Å². The maximum atomic E-state index is 11.6. The number of hydrogen-bond donors (Lipinski definition) is 1. The highest BCUT2D eigenvalue weighted by Gasteiger charge is 2.21. The number of carbonyl (C=O) groups excluding carboxylic acids is 2. The third-order valence-corrected chi connectivity index (χ3v) is 4.04. The molecule has 0 fully saturated rings. The molecule has 0 spiro atoms. The number of ether oxygens (including phenoxy) is 1. The number of nitrogens with zero attached hydrogens (tertiary/aromatic N) is 2. The van der Waals surface area contributed by atoms with Crippen molar-refractivity contribution in [1.29, 1.82) is 0 Å². The van der Waals surface area contributed by atoms with Crippen LogP contribution in [0.15, 0.2) is 0 Å². The van der Waals surface area contributed by atoms with E-state index < -0.39 is 5.97 Å². The molecule has 0 radical (unpaired) electrons. The van der Waals surface area contributed by atoms with Crippen LogP contribution in [0, 0.1) is 0 Å². The summed E-state index contributed by atoms with van der Waals surface area (Å²) in [6.07, 6.45) is 0. The number of esters is 1. The zero-order valence-corrected chi connectivity index (χ0v) is 13.2. The van der Waals surface area contributed by atoms with Gasteiger partial charge in [0.05, 0.1) is 7.11 Å². The van der Waals surface area contributed by atoms with Gasteiger partial charge in [-0.2, -0.15) is 0 Å². The van der Waals surface area contributed by atoms with E-state index in [4.69, 9.17) is 0 Å². The number of rotatable bonds is 8. The van der Waals surface area contributed by atoms with Gasteiger partial charge < -0.3 is 15.0 Å². The Morgan fingerprint density at radius 2 is 2.00 bits per heavy atom. The fourth-order valence-corrected chi connectivity index (χ4v) is 2.60. The average Bonchev–Trinajstić information content (AvgIpc) is 2.87. The molecule has 0 atom stereocenters. The van der Waals surface area contributed by atoms with E-state index in [1.54, 1.807) is 0 Å². The second-order valence-corrected chi connectivity index (χ2v) is 5.20. The van der Waals surface area contributed by atoms with Crippen LogP contribution in [0.2, 0.25) is 0 Å². The molecule has 0 aliphatic rings. The summed E-state index contributed by atoms with van der Waals surface area (Å²) in [5.74, 6) is -0.761. The lowest BCUT2D eigenvalue weighted by molar-refractivity contribution is 0.0591. The summed E-state index contributed by atoms with van der Waals surface area (Å²) in [5, 5.41) is 3.72. The number of methoxy groups -OCH3 is 1. The van der Waals surface area contributed by atoms with Crippen molar-refractivity contribution in [3.63, 3.8) is 0 Å². The molecular formula is C13H21N3O3S. The van der Waals surface area contributed by atoms with Gasteiger partial charge in [0.2, 0.25) is 0 Å². The van der Waals surface area contributed by atoms with E-state index in [2.05, 4.69) is 33.8 Å². The zero-order chi connectivity index (χ0) is 15.1. The Bertz CT molecular complexity index is 469. The number of carbonyl (C=O) groups is 2. The molecule has 1 rings (SSSR count). The van der Waals surface area contributed by atoms with Gasteiger partial charge in [-0.1, -0.05) is 25.2 Å². The molecule has 0 saturated carbocycles. The largest absolute Gasteiger partial charge is 0.464 e. The van der Waals surface area contributed by atoms with Gasteiger partial charge in [0.25, 0.3) is 0 Å². The Hall–Kier alpha value is -1.47. The van der Waals surface area contributed by atoms with Gasteiger partial charge in [0, 0.05) is 20.0 Å². The molecule has 112 valence electrons. The average molecular weight is 299 g/mol. The smallest absolute Gasteiger partial charge is 0.358 e. The topological polar surface area (TPSA) is 71.5 Å². The number of likely N-dealkylation sites (N-methyl/N-ethyl adjacent to an activating group) is 1. The highest BCUT2D eigenvalue weighted by molar-refractivity contribution is 7.17. The lowest BCUT2D eigenvalue weighted by Crippen LogP contribution is -2.28. The monoisotopic (exact) mass is 299 g/mol. The first kappa shape index (κ1) is 16.6. The summed E-state index contributed by atoms with van der Waals surface area (Å²) in [7, 11) is 1.28. The zero-order valence-electron chi connectivity index (χ0n) is 12.4. The van der Waals surface area contributed by atoms with Gasteiger partial charge in [-0.05, 0) is 13.1 Å². The quantitative estimate of drug-likeness (QED) is 0.584. The molecule has 0 unspecified atom stereocenters. The van der Waals surface area contributed by atoms with E-state index in [1.807, 2.05) is 0 Å². The van der Waals surface area contributed by atoms with Gasteiger partial charge in [-0.15, -0.1) is 0 Å². The van der Waals surface area contributed by atoms with E-state index in [0.29, 0.717) is 16.6 Å². The molecule has 1 aromatic rings. The molecule has 1 N–H and O–H groups in total. The third-order valence-electron chi connectivity index (χ3n) is 2.92. The van der Waals surface area contributed by atoms with Crippen LogP contribution >= 0.6 is 11.3 Å². The molecule has 0 aliphatic heterocycles. The van der Waals surface area contributed by atoms with Crippen molar-refractivity contribution in [2.24, 2.45) is 0 Å². The summed E-state index contributed by atoms with van der Waals surface area (Å²) in [6.45, 7) is 9.21. The summed E-state index contributed by atoms with van der Waals surface area (Å²) < 4.78 is 4.63. The third kappa shape index (κ3) is 4.28. The van der Waals surface area contributed by atoms with Crippen LogP contribution in [0.25, 0.3) is 0 Å². The van der Waals surface area contributed by atoms with Crippen molar-refractivity contribution in [2.75, 3.05) is 38.6 Å². The van der Waals surface area contributed by atoms with Gasteiger partial charge in [-0.25, -0.2) is 9.78 Å². The number of aromatic nitrogens is 1. The van der Waals surface area contributed by atoms with E-state index in [9.17, 15) is 9.59 Å². The number of hydrogen-bond acceptors (Lipinski definition) is 7. The molecule has 1 heterocycles. The Morgan fingerprint density at radius 1 is 1.35 bits per heavy atom. The maximum absolute atomic E-state index is 11.6. The summed E-state index contributed by atoms with van der Waals surface area (Å²) in [4.78, 5) is 29.8. The lowest BCUT2D eigenvalue weighted by Gasteiger charge is -2.17. The van der Waals surface area contributed by atoms with Gasteiger partial charge >= 0.3 is 5.97 Å². The molecule has 0 bridgehead atoms. The van der Waals surface area contributed by atoms with E-state index in [1.165, 1.54) is 25.4 Å². The first-order valence-electron chi connectivity index (χ1n) is 6.59. The molecule has 1 aromatic heterocycles. The fourth-order valence-electron chi connectivity index (χ4n) is 1.73. The van der Waals surface area contributed by atoms with Crippen LogP contribution < -0.4 is 5.32 Å². The first-order valence-corrected chi connectivity index (χ1v) is 7.41. The van der Waals surface area contributed by atoms with Crippen LogP contribution in [0.3, 0.4) is 0 Å². The highest BCUT2D eigenvalue weighted by atomic mass is 32.1. The standard InChI is InChI=1S/C13H21N3O3S/c1-5-16(6-2)8-7-14-13-15-10(12(18)19-4)11(20-13)9(3)17/h5-8H2,1-4H3,(H,14,15). The number of anilines is 1.